The highest BCUT2D eigenvalue weighted by molar-refractivity contribution is 5.93. The number of alkyl halides is 3. The Morgan fingerprint density at radius 3 is 2.35 bits per heavy atom. The van der Waals surface area contributed by atoms with Crippen molar-refractivity contribution in [1.29, 1.82) is 0 Å². The molecule has 3 aromatic heterocycles. The smallest absolute Gasteiger partial charge is 0.307 e. The molecule has 0 bridgehead atoms. The van der Waals surface area contributed by atoms with Crippen LogP contribution < -0.4 is 16.6 Å². The number of nitrogens with one attached hydrogen (secondary N) is 2. The highest BCUT2D eigenvalue weighted by Gasteiger charge is 2.39. The Morgan fingerprint density at radius 2 is 1.62 bits per heavy atom. The van der Waals surface area contributed by atoms with Gasteiger partial charge in [-0.15, -0.1) is 0 Å². The molecule has 6 aromatic rings. The number of carbonyl (C=O) groups is 1. The quantitative estimate of drug-likeness (QED) is 0.218. The normalized spacial score (nSPS) is 13.6. The van der Waals surface area contributed by atoms with Gasteiger partial charge in [0, 0.05) is 30.2 Å². The van der Waals surface area contributed by atoms with Crippen molar-refractivity contribution >= 4 is 22.8 Å². The number of likely N-dealkylation sites (tertiary alicyclic amines) is 1. The van der Waals surface area contributed by atoms with Crippen molar-refractivity contribution in [3.05, 3.63) is 129 Å². The highest BCUT2D eigenvalue weighted by Crippen LogP contribution is 2.33. The average molecular weight is 652 g/mol. The Labute approximate surface area is 271 Å². The summed E-state index contributed by atoms with van der Waals surface area (Å²) in [4.78, 5) is 48.6. The number of hydrogen-bond acceptors (Lipinski definition) is 6. The SMILES string of the molecule is O=C(Nc1ccc(-c2ccccc2CN2CCCC2)cc1)n1c(=O)[nH]c2c(C(F)(F)F)nn(-c3cccc(-c4cccnc4)c3)c2c1=O. The molecule has 10 nitrogen and oxygen atoms in total. The first-order chi connectivity index (χ1) is 23.2. The maximum Gasteiger partial charge on any atom is 0.437 e. The number of hydrogen-bond donors (Lipinski definition) is 2. The molecule has 0 aliphatic carbocycles. The fraction of sp³-hybridized carbons (Fsp3) is 0.171. The lowest BCUT2D eigenvalue weighted by Gasteiger charge is -2.18. The van der Waals surface area contributed by atoms with Crippen molar-refractivity contribution < 1.29 is 18.0 Å². The van der Waals surface area contributed by atoms with Crippen LogP contribution in [0, 0.1) is 0 Å². The number of benzene rings is 3. The molecule has 0 radical (unpaired) electrons. The van der Waals surface area contributed by atoms with Gasteiger partial charge in [0.15, 0.2) is 11.2 Å². The van der Waals surface area contributed by atoms with Crippen molar-refractivity contribution in [2.45, 2.75) is 25.6 Å². The van der Waals surface area contributed by atoms with Crippen LogP contribution in [0.2, 0.25) is 0 Å². The standard InChI is InChI=1S/C35H28F3N7O3/c36-35(37,38)31-29-30(45(42-31)27-10-5-8-23(19-27)24-9-6-16-39-20-24)32(46)44(34(48)41-29)33(47)40-26-14-12-22(13-15-26)28-11-2-1-7-25(28)21-43-17-3-4-18-43/h1-2,5-16,19-20H,3-4,17-18,21H2,(H,40,47)(H,41,48). The molecule has 13 heteroatoms. The second-order valence-electron chi connectivity index (χ2n) is 11.5. The van der Waals surface area contributed by atoms with Gasteiger partial charge in [-0.1, -0.05) is 54.6 Å². The van der Waals surface area contributed by atoms with Crippen LogP contribution in [0.1, 0.15) is 24.1 Å². The van der Waals surface area contributed by atoms with Gasteiger partial charge in [-0.25, -0.2) is 14.3 Å². The van der Waals surface area contributed by atoms with Crippen molar-refractivity contribution in [2.24, 2.45) is 0 Å². The molecule has 48 heavy (non-hydrogen) atoms. The number of anilines is 1. The Bertz CT molecular complexity index is 2250. The second-order valence-corrected chi connectivity index (χ2v) is 11.5. The molecule has 1 fully saturated rings. The molecular weight excluding hydrogens is 623 g/mol. The largest absolute Gasteiger partial charge is 0.437 e. The summed E-state index contributed by atoms with van der Waals surface area (Å²) >= 11 is 0. The summed E-state index contributed by atoms with van der Waals surface area (Å²) in [5.41, 5.74) is -0.737. The van der Waals surface area contributed by atoms with Gasteiger partial charge in [0.1, 0.15) is 5.52 Å². The third-order valence-electron chi connectivity index (χ3n) is 8.34. The molecule has 0 atom stereocenters. The number of rotatable bonds is 6. The predicted molar refractivity (Wildman–Crippen MR) is 175 cm³/mol. The molecule has 0 saturated carbocycles. The molecule has 3 aromatic carbocycles. The van der Waals surface area contributed by atoms with Crippen LogP contribution in [0.15, 0.2) is 107 Å². The average Bonchev–Trinajstić information content (AvgIpc) is 3.74. The number of nitrogens with zero attached hydrogens (tertiary/aromatic N) is 5. The van der Waals surface area contributed by atoms with E-state index in [-0.39, 0.29) is 15.9 Å². The predicted octanol–water partition coefficient (Wildman–Crippen LogP) is 6.30. The van der Waals surface area contributed by atoms with Crippen molar-refractivity contribution in [1.82, 2.24) is 29.2 Å². The van der Waals surface area contributed by atoms with Crippen LogP contribution >= 0.6 is 0 Å². The third kappa shape index (κ3) is 5.91. The molecule has 0 spiro atoms. The molecule has 1 aliphatic heterocycles. The molecule has 4 heterocycles. The van der Waals surface area contributed by atoms with Crippen LogP contribution in [-0.4, -0.2) is 48.3 Å². The van der Waals surface area contributed by atoms with E-state index < -0.39 is 40.2 Å². The van der Waals surface area contributed by atoms with E-state index in [1.165, 1.54) is 30.5 Å². The molecule has 2 N–H and O–H groups in total. The van der Waals surface area contributed by atoms with Gasteiger partial charge in [-0.3, -0.25) is 14.7 Å². The zero-order valence-electron chi connectivity index (χ0n) is 25.4. The fourth-order valence-electron chi connectivity index (χ4n) is 6.05. The number of fused-ring (bicyclic) bond motifs is 1. The van der Waals surface area contributed by atoms with Crippen LogP contribution in [0.25, 0.3) is 39.0 Å². The molecule has 242 valence electrons. The van der Waals surface area contributed by atoms with Gasteiger partial charge in [-0.05, 0) is 78.5 Å². The van der Waals surface area contributed by atoms with Crippen molar-refractivity contribution in [2.75, 3.05) is 18.4 Å². The van der Waals surface area contributed by atoms with Crippen LogP contribution in [-0.2, 0) is 12.7 Å². The number of halogens is 3. The number of pyridine rings is 1. The van der Waals surface area contributed by atoms with E-state index in [9.17, 15) is 27.6 Å². The third-order valence-corrected chi connectivity index (χ3v) is 8.34. The number of aromatic nitrogens is 5. The van der Waals surface area contributed by atoms with Crippen molar-refractivity contribution in [3.63, 3.8) is 0 Å². The van der Waals surface area contributed by atoms with Gasteiger partial charge in [0.2, 0.25) is 0 Å². The van der Waals surface area contributed by atoms with Crippen LogP contribution in [0.3, 0.4) is 0 Å². The lowest BCUT2D eigenvalue weighted by Crippen LogP contribution is -2.42. The lowest BCUT2D eigenvalue weighted by atomic mass is 9.99. The van der Waals surface area contributed by atoms with E-state index in [2.05, 4.69) is 31.3 Å². The minimum atomic E-state index is -5.01. The fourth-order valence-corrected chi connectivity index (χ4v) is 6.05. The summed E-state index contributed by atoms with van der Waals surface area (Å²) in [6.45, 7) is 2.93. The van der Waals surface area contributed by atoms with Gasteiger partial charge >= 0.3 is 17.9 Å². The molecule has 7 rings (SSSR count). The number of H-pyrrole nitrogens is 1. The van der Waals surface area contributed by atoms with Gasteiger partial charge in [0.25, 0.3) is 5.56 Å². The van der Waals surface area contributed by atoms with E-state index in [0.717, 1.165) is 35.4 Å². The van der Waals surface area contributed by atoms with E-state index in [4.69, 9.17) is 0 Å². The van der Waals surface area contributed by atoms with Gasteiger partial charge in [-0.2, -0.15) is 22.8 Å². The number of amides is 1. The second kappa shape index (κ2) is 12.4. The maximum atomic E-state index is 14.1. The first-order valence-electron chi connectivity index (χ1n) is 15.3. The number of aromatic amines is 1. The van der Waals surface area contributed by atoms with Crippen molar-refractivity contribution in [3.8, 4) is 27.9 Å². The van der Waals surface area contributed by atoms with Gasteiger partial charge in [0.05, 0.1) is 5.69 Å². The molecule has 1 aliphatic rings. The zero-order valence-corrected chi connectivity index (χ0v) is 25.4. The van der Waals surface area contributed by atoms with Crippen LogP contribution in [0.4, 0.5) is 23.7 Å². The zero-order chi connectivity index (χ0) is 33.4. The lowest BCUT2D eigenvalue weighted by molar-refractivity contribution is -0.140. The maximum absolute atomic E-state index is 14.1. The molecule has 1 saturated heterocycles. The van der Waals surface area contributed by atoms with E-state index in [1.54, 1.807) is 48.8 Å². The topological polar surface area (TPSA) is 118 Å². The molecular formula is C35H28F3N7O3. The minimum absolute atomic E-state index is 0.105. The number of carbonyl (C=O) groups excluding carboxylic acids is 1. The summed E-state index contributed by atoms with van der Waals surface area (Å²) in [5, 5.41) is 6.21. The van der Waals surface area contributed by atoms with Crippen LogP contribution in [0.5, 0.6) is 0 Å². The van der Waals surface area contributed by atoms with Gasteiger partial charge < -0.3 is 10.3 Å². The summed E-state index contributed by atoms with van der Waals surface area (Å²) < 4.78 is 43.3. The van der Waals surface area contributed by atoms with E-state index in [0.29, 0.717) is 11.1 Å². The van der Waals surface area contributed by atoms with E-state index in [1.807, 2.05) is 30.3 Å². The first-order valence-corrected chi connectivity index (χ1v) is 15.3. The monoisotopic (exact) mass is 651 g/mol. The Hall–Kier alpha value is -5.82. The summed E-state index contributed by atoms with van der Waals surface area (Å²) in [6, 6.07) is 23.6. The summed E-state index contributed by atoms with van der Waals surface area (Å²) in [5.74, 6) is 0. The Balaban J connectivity index is 1.23. The highest BCUT2D eigenvalue weighted by atomic mass is 19.4. The molecule has 0 unspecified atom stereocenters. The summed E-state index contributed by atoms with van der Waals surface area (Å²) in [7, 11) is 0. The van der Waals surface area contributed by atoms with E-state index >= 15 is 0 Å². The Kier molecular flexibility index (Phi) is 7.97. The molecule has 1 amide bonds. The minimum Gasteiger partial charge on any atom is -0.307 e. The summed E-state index contributed by atoms with van der Waals surface area (Å²) in [6.07, 6.45) is 0.512. The first kappa shape index (κ1) is 30.8. The Morgan fingerprint density at radius 1 is 0.875 bits per heavy atom.